The minimum Gasteiger partial charge on any atom is -0.426 e. The number of hydrogen-bond acceptors (Lipinski definition) is 4. The van der Waals surface area contributed by atoms with Gasteiger partial charge in [-0.05, 0) is 18.2 Å². The van der Waals surface area contributed by atoms with Gasteiger partial charge in [-0.3, -0.25) is 4.79 Å². The average molecular weight is 273 g/mol. The largest absolute Gasteiger partial charge is 0.426 e. The third-order valence-corrected chi connectivity index (χ3v) is 3.05. The van der Waals surface area contributed by atoms with Crippen LogP contribution in [0.15, 0.2) is 46.9 Å². The highest BCUT2D eigenvalue weighted by atomic mass is 16.6. The monoisotopic (exact) mass is 273 g/mol. The summed E-state index contributed by atoms with van der Waals surface area (Å²) in [4.78, 5) is 13.9. The Hall–Kier alpha value is -2.27. The van der Waals surface area contributed by atoms with E-state index < -0.39 is 0 Å². The molecule has 5 nitrogen and oxygen atoms in total. The number of hydrogen-bond donors (Lipinski definition) is 0. The van der Waals surface area contributed by atoms with Crippen molar-refractivity contribution in [2.24, 2.45) is 0 Å². The predicted octanol–water partition coefficient (Wildman–Crippen LogP) is 2.54. The summed E-state index contributed by atoms with van der Waals surface area (Å²) < 4.78 is 16.2. The molecule has 5 heteroatoms. The van der Waals surface area contributed by atoms with Gasteiger partial charge < -0.3 is 18.8 Å². The first-order chi connectivity index (χ1) is 9.83. The minimum absolute atomic E-state index is 0.129. The van der Waals surface area contributed by atoms with Crippen molar-refractivity contribution in [3.63, 3.8) is 0 Å². The van der Waals surface area contributed by atoms with Crippen molar-refractivity contribution in [1.29, 1.82) is 0 Å². The van der Waals surface area contributed by atoms with Crippen molar-refractivity contribution >= 4 is 5.91 Å². The van der Waals surface area contributed by atoms with Gasteiger partial charge in [-0.1, -0.05) is 18.2 Å². The lowest BCUT2D eigenvalue weighted by atomic mass is 10.3. The lowest BCUT2D eigenvalue weighted by molar-refractivity contribution is 0.0280. The van der Waals surface area contributed by atoms with Crippen molar-refractivity contribution in [3.8, 4) is 11.7 Å². The lowest BCUT2D eigenvalue weighted by Gasteiger charge is -2.25. The van der Waals surface area contributed by atoms with E-state index in [1.165, 1.54) is 0 Å². The first-order valence-corrected chi connectivity index (χ1v) is 6.53. The summed E-state index contributed by atoms with van der Waals surface area (Å²) in [6.45, 7) is 2.32. The molecular weight excluding hydrogens is 258 g/mol. The van der Waals surface area contributed by atoms with Crippen LogP contribution in [0, 0.1) is 0 Å². The Morgan fingerprint density at radius 2 is 1.80 bits per heavy atom. The zero-order valence-electron chi connectivity index (χ0n) is 11.0. The van der Waals surface area contributed by atoms with Crippen LogP contribution < -0.4 is 4.74 Å². The van der Waals surface area contributed by atoms with E-state index in [9.17, 15) is 4.79 Å². The number of nitrogens with zero attached hydrogens (tertiary/aromatic N) is 1. The number of ether oxygens (including phenoxy) is 2. The Labute approximate surface area is 116 Å². The van der Waals surface area contributed by atoms with Gasteiger partial charge in [0.1, 0.15) is 5.75 Å². The average Bonchev–Trinajstić information content (AvgIpc) is 2.97. The van der Waals surface area contributed by atoms with Crippen LogP contribution in [0.2, 0.25) is 0 Å². The number of benzene rings is 1. The molecule has 0 spiro atoms. The summed E-state index contributed by atoms with van der Waals surface area (Å²) in [6, 6.07) is 12.6. The van der Waals surface area contributed by atoms with Crippen LogP contribution in [-0.4, -0.2) is 37.1 Å². The van der Waals surface area contributed by atoms with Crippen LogP contribution in [0.3, 0.4) is 0 Å². The number of rotatable bonds is 3. The Bertz CT molecular complexity index is 573. The molecule has 0 saturated carbocycles. The molecule has 1 aromatic carbocycles. The molecule has 104 valence electrons. The summed E-state index contributed by atoms with van der Waals surface area (Å²) in [5, 5.41) is 0. The molecule has 1 aliphatic rings. The maximum atomic E-state index is 12.2. The van der Waals surface area contributed by atoms with E-state index in [1.54, 1.807) is 17.0 Å². The van der Waals surface area contributed by atoms with E-state index in [0.717, 1.165) is 0 Å². The molecule has 0 atom stereocenters. The van der Waals surface area contributed by atoms with Gasteiger partial charge in [0.05, 0.1) is 13.2 Å². The second-order valence-electron chi connectivity index (χ2n) is 4.44. The standard InChI is InChI=1S/C15H15NO4/c17-15(16-8-10-18-11-9-16)13-6-7-14(20-13)19-12-4-2-1-3-5-12/h1-7H,8-11H2. The van der Waals surface area contributed by atoms with Gasteiger partial charge in [-0.2, -0.15) is 0 Å². The zero-order chi connectivity index (χ0) is 13.8. The zero-order valence-corrected chi connectivity index (χ0v) is 11.0. The van der Waals surface area contributed by atoms with Crippen LogP contribution in [0.5, 0.6) is 11.7 Å². The Kier molecular flexibility index (Phi) is 3.69. The van der Waals surface area contributed by atoms with E-state index >= 15 is 0 Å². The highest BCUT2D eigenvalue weighted by Crippen LogP contribution is 2.24. The minimum atomic E-state index is -0.129. The molecule has 0 N–H and O–H groups in total. The van der Waals surface area contributed by atoms with Gasteiger partial charge in [0.25, 0.3) is 11.9 Å². The third kappa shape index (κ3) is 2.83. The molecular formula is C15H15NO4. The molecule has 1 aliphatic heterocycles. The van der Waals surface area contributed by atoms with Crippen molar-refractivity contribution < 1.29 is 18.7 Å². The summed E-state index contributed by atoms with van der Waals surface area (Å²) in [5.41, 5.74) is 0. The van der Waals surface area contributed by atoms with E-state index in [0.29, 0.717) is 38.0 Å². The molecule has 1 amide bonds. The maximum Gasteiger partial charge on any atom is 0.290 e. The molecule has 1 saturated heterocycles. The SMILES string of the molecule is O=C(c1ccc(Oc2ccccc2)o1)N1CCOCC1. The van der Waals surface area contributed by atoms with Gasteiger partial charge in [-0.15, -0.1) is 0 Å². The van der Waals surface area contributed by atoms with E-state index in [1.807, 2.05) is 30.3 Å². The van der Waals surface area contributed by atoms with Crippen LogP contribution in [0.1, 0.15) is 10.6 Å². The van der Waals surface area contributed by atoms with Crippen LogP contribution in [0.4, 0.5) is 0 Å². The summed E-state index contributed by atoms with van der Waals surface area (Å²) in [5.74, 6) is 1.15. The van der Waals surface area contributed by atoms with Crippen molar-refractivity contribution in [1.82, 2.24) is 4.90 Å². The molecule has 2 aromatic rings. The molecule has 0 aliphatic carbocycles. The molecule has 1 fully saturated rings. The van der Waals surface area contributed by atoms with E-state index in [4.69, 9.17) is 13.9 Å². The third-order valence-electron chi connectivity index (χ3n) is 3.05. The predicted molar refractivity (Wildman–Crippen MR) is 71.9 cm³/mol. The molecule has 0 bridgehead atoms. The highest BCUT2D eigenvalue weighted by molar-refractivity contribution is 5.91. The second kappa shape index (κ2) is 5.79. The van der Waals surface area contributed by atoms with Gasteiger partial charge in [0.15, 0.2) is 5.76 Å². The molecule has 2 heterocycles. The van der Waals surface area contributed by atoms with Gasteiger partial charge in [0.2, 0.25) is 0 Å². The fourth-order valence-electron chi connectivity index (χ4n) is 2.02. The van der Waals surface area contributed by atoms with E-state index in [2.05, 4.69) is 0 Å². The fraction of sp³-hybridized carbons (Fsp3) is 0.267. The second-order valence-corrected chi connectivity index (χ2v) is 4.44. The molecule has 20 heavy (non-hydrogen) atoms. The van der Waals surface area contributed by atoms with Gasteiger partial charge in [0, 0.05) is 19.2 Å². The number of amides is 1. The fourth-order valence-corrected chi connectivity index (χ4v) is 2.02. The van der Waals surface area contributed by atoms with E-state index in [-0.39, 0.29) is 11.7 Å². The first kappa shape index (κ1) is 12.7. The van der Waals surface area contributed by atoms with Crippen molar-refractivity contribution in [3.05, 3.63) is 48.2 Å². The van der Waals surface area contributed by atoms with Crippen LogP contribution in [0.25, 0.3) is 0 Å². The first-order valence-electron chi connectivity index (χ1n) is 6.53. The van der Waals surface area contributed by atoms with Crippen LogP contribution >= 0.6 is 0 Å². The molecule has 1 aromatic heterocycles. The van der Waals surface area contributed by atoms with Gasteiger partial charge in [-0.25, -0.2) is 0 Å². The van der Waals surface area contributed by atoms with Gasteiger partial charge >= 0.3 is 0 Å². The number of morpholine rings is 1. The summed E-state index contributed by atoms with van der Waals surface area (Å²) in [7, 11) is 0. The normalized spacial score (nSPS) is 15.1. The Morgan fingerprint density at radius 1 is 1.05 bits per heavy atom. The lowest BCUT2D eigenvalue weighted by Crippen LogP contribution is -2.40. The Balaban J connectivity index is 1.68. The summed E-state index contributed by atoms with van der Waals surface area (Å²) >= 11 is 0. The maximum absolute atomic E-state index is 12.2. The molecule has 0 radical (unpaired) electrons. The topological polar surface area (TPSA) is 51.9 Å². The molecule has 0 unspecified atom stereocenters. The quantitative estimate of drug-likeness (QED) is 0.862. The highest BCUT2D eigenvalue weighted by Gasteiger charge is 2.21. The number of carbonyl (C=O) groups excluding carboxylic acids is 1. The van der Waals surface area contributed by atoms with Crippen molar-refractivity contribution in [2.75, 3.05) is 26.3 Å². The number of para-hydroxylation sites is 1. The number of furan rings is 1. The van der Waals surface area contributed by atoms with Crippen molar-refractivity contribution in [2.45, 2.75) is 0 Å². The smallest absolute Gasteiger partial charge is 0.290 e. The summed E-state index contributed by atoms with van der Waals surface area (Å²) in [6.07, 6.45) is 0. The Morgan fingerprint density at radius 3 is 2.55 bits per heavy atom. The molecule has 3 rings (SSSR count). The number of carbonyl (C=O) groups is 1. The van der Waals surface area contributed by atoms with Crippen LogP contribution in [-0.2, 0) is 4.74 Å².